The average Bonchev–Trinajstić information content (AvgIpc) is 2.75. The summed E-state index contributed by atoms with van der Waals surface area (Å²) in [5, 5.41) is 17.7. The predicted octanol–water partition coefficient (Wildman–Crippen LogP) is 0.103. The predicted molar refractivity (Wildman–Crippen MR) is 125 cm³/mol. The minimum Gasteiger partial charge on any atom is -0.480 e. The molecular weight excluding hydrogens is 504 g/mol. The zero-order valence-electron chi connectivity index (χ0n) is 18.4. The van der Waals surface area contributed by atoms with Crippen molar-refractivity contribution < 1.29 is 45.0 Å². The van der Waals surface area contributed by atoms with E-state index in [2.05, 4.69) is 0 Å². The molecule has 2 aromatic rings. The molecular formula is C21H26N2O10S2. The SMILES string of the molecule is N[C@@H](Cc1ccc(OS(=O)(=O)CCCS(=O)(=O)Oc2ccc(C[C@H](N)C(=O)O)cc2)cc1)C(=O)O. The van der Waals surface area contributed by atoms with Gasteiger partial charge in [0, 0.05) is 0 Å². The Hall–Kier alpha value is -3.20. The zero-order chi connectivity index (χ0) is 26.2. The molecule has 14 heteroatoms. The minimum atomic E-state index is -4.10. The van der Waals surface area contributed by atoms with Crippen molar-refractivity contribution in [3.05, 3.63) is 59.7 Å². The van der Waals surface area contributed by atoms with E-state index in [1.165, 1.54) is 48.5 Å². The second-order valence-electron chi connectivity index (χ2n) is 7.63. The number of carbonyl (C=O) groups is 2. The van der Waals surface area contributed by atoms with E-state index in [4.69, 9.17) is 30.0 Å². The smallest absolute Gasteiger partial charge is 0.320 e. The second kappa shape index (κ2) is 12.0. The van der Waals surface area contributed by atoms with Crippen molar-refractivity contribution in [2.75, 3.05) is 11.5 Å². The monoisotopic (exact) mass is 530 g/mol. The summed E-state index contributed by atoms with van der Waals surface area (Å²) < 4.78 is 58.5. The van der Waals surface area contributed by atoms with Gasteiger partial charge in [0.15, 0.2) is 0 Å². The van der Waals surface area contributed by atoms with Crippen LogP contribution in [0.15, 0.2) is 48.5 Å². The van der Waals surface area contributed by atoms with Crippen LogP contribution in [0.1, 0.15) is 17.5 Å². The highest BCUT2D eigenvalue weighted by molar-refractivity contribution is 7.88. The van der Waals surface area contributed by atoms with Crippen LogP contribution in [-0.4, -0.2) is 62.6 Å². The van der Waals surface area contributed by atoms with Crippen LogP contribution in [0.5, 0.6) is 11.5 Å². The molecule has 0 aliphatic heterocycles. The van der Waals surface area contributed by atoms with E-state index in [9.17, 15) is 26.4 Å². The third kappa shape index (κ3) is 9.90. The summed E-state index contributed by atoms with van der Waals surface area (Å²) in [6, 6.07) is 9.09. The van der Waals surface area contributed by atoms with Gasteiger partial charge in [-0.25, -0.2) is 0 Å². The Balaban J connectivity index is 1.85. The van der Waals surface area contributed by atoms with E-state index in [0.29, 0.717) is 11.1 Å². The van der Waals surface area contributed by atoms with E-state index in [0.717, 1.165) is 0 Å². The fraction of sp³-hybridized carbons (Fsp3) is 0.333. The molecule has 192 valence electrons. The molecule has 0 heterocycles. The van der Waals surface area contributed by atoms with Gasteiger partial charge in [0.2, 0.25) is 0 Å². The Kier molecular flexibility index (Phi) is 9.59. The van der Waals surface area contributed by atoms with Crippen LogP contribution in [0.2, 0.25) is 0 Å². The standard InChI is InChI=1S/C21H26N2O10S2/c22-18(20(24)25)12-14-2-6-16(7-3-14)32-34(28,29)10-1-11-35(30,31)33-17-8-4-15(5-9-17)13-19(23)21(26)27/h2-9,18-19H,1,10-13,22-23H2,(H,24,25)(H,26,27)/t18-,19-/m0/s1. The van der Waals surface area contributed by atoms with Crippen molar-refractivity contribution in [3.63, 3.8) is 0 Å². The van der Waals surface area contributed by atoms with Gasteiger partial charge in [0.25, 0.3) is 0 Å². The van der Waals surface area contributed by atoms with Gasteiger partial charge in [-0.1, -0.05) is 24.3 Å². The van der Waals surface area contributed by atoms with E-state index in [1.54, 1.807) is 0 Å². The van der Waals surface area contributed by atoms with E-state index >= 15 is 0 Å². The number of hydrogen-bond donors (Lipinski definition) is 4. The minimum absolute atomic E-state index is 0.0144. The first-order valence-corrected chi connectivity index (χ1v) is 13.4. The number of nitrogens with two attached hydrogens (primary N) is 2. The molecule has 2 aromatic carbocycles. The second-order valence-corrected chi connectivity index (χ2v) is 11.0. The van der Waals surface area contributed by atoms with Crippen LogP contribution in [0.25, 0.3) is 0 Å². The lowest BCUT2D eigenvalue weighted by molar-refractivity contribution is -0.139. The van der Waals surface area contributed by atoms with Crippen molar-refractivity contribution >= 4 is 32.2 Å². The maximum atomic E-state index is 12.2. The lowest BCUT2D eigenvalue weighted by atomic mass is 10.1. The Bertz CT molecular complexity index is 1130. The van der Waals surface area contributed by atoms with Crippen molar-refractivity contribution in [1.82, 2.24) is 0 Å². The molecule has 6 N–H and O–H groups in total. The highest BCUT2D eigenvalue weighted by atomic mass is 32.2. The molecule has 0 aliphatic carbocycles. The number of carboxylic acid groups (broad SMARTS) is 2. The topological polar surface area (TPSA) is 213 Å². The van der Waals surface area contributed by atoms with E-state index in [1.807, 2.05) is 0 Å². The molecule has 0 radical (unpaired) electrons. The van der Waals surface area contributed by atoms with Crippen molar-refractivity contribution in [2.24, 2.45) is 11.5 Å². The van der Waals surface area contributed by atoms with Crippen LogP contribution >= 0.6 is 0 Å². The molecule has 0 saturated heterocycles. The van der Waals surface area contributed by atoms with Crippen LogP contribution in [0, 0.1) is 0 Å². The summed E-state index contributed by atoms with van der Waals surface area (Å²) in [7, 11) is -8.20. The molecule has 0 aromatic heterocycles. The van der Waals surface area contributed by atoms with Crippen LogP contribution in [0.4, 0.5) is 0 Å². The molecule has 0 spiro atoms. The Morgan fingerprint density at radius 1 is 0.686 bits per heavy atom. The third-order valence-corrected chi connectivity index (χ3v) is 7.10. The van der Waals surface area contributed by atoms with Crippen LogP contribution in [-0.2, 0) is 42.7 Å². The first-order valence-electron chi connectivity index (χ1n) is 10.3. The molecule has 0 aliphatic rings. The van der Waals surface area contributed by atoms with Crippen LogP contribution < -0.4 is 19.8 Å². The van der Waals surface area contributed by atoms with Gasteiger partial charge in [-0.2, -0.15) is 16.8 Å². The van der Waals surface area contributed by atoms with Crippen LogP contribution in [0.3, 0.4) is 0 Å². The van der Waals surface area contributed by atoms with Crippen molar-refractivity contribution in [3.8, 4) is 11.5 Å². The Labute approximate surface area is 202 Å². The number of aliphatic carboxylic acids is 2. The molecule has 0 unspecified atom stereocenters. The first kappa shape index (κ1) is 28.0. The number of benzene rings is 2. The van der Waals surface area contributed by atoms with E-state index < -0.39 is 55.8 Å². The Morgan fingerprint density at radius 3 is 1.29 bits per heavy atom. The van der Waals surface area contributed by atoms with Gasteiger partial charge in [0.05, 0.1) is 11.5 Å². The number of rotatable bonds is 14. The lowest BCUT2D eigenvalue weighted by Crippen LogP contribution is -2.32. The fourth-order valence-corrected chi connectivity index (χ4v) is 4.99. The molecule has 0 amide bonds. The molecule has 0 bridgehead atoms. The molecule has 0 saturated carbocycles. The highest BCUT2D eigenvalue weighted by Crippen LogP contribution is 2.18. The van der Waals surface area contributed by atoms with Gasteiger partial charge in [-0.15, -0.1) is 0 Å². The zero-order valence-corrected chi connectivity index (χ0v) is 20.1. The maximum Gasteiger partial charge on any atom is 0.320 e. The van der Waals surface area contributed by atoms with Gasteiger partial charge in [-0.3, -0.25) is 9.59 Å². The highest BCUT2D eigenvalue weighted by Gasteiger charge is 2.19. The lowest BCUT2D eigenvalue weighted by Gasteiger charge is -2.10. The number of carboxylic acids is 2. The quantitative estimate of drug-likeness (QED) is 0.239. The molecule has 2 rings (SSSR count). The third-order valence-electron chi connectivity index (χ3n) is 4.63. The maximum absolute atomic E-state index is 12.2. The summed E-state index contributed by atoms with van der Waals surface area (Å²) in [4.78, 5) is 21.6. The molecule has 0 fully saturated rings. The summed E-state index contributed by atoms with van der Waals surface area (Å²) in [6.07, 6.45) is -0.181. The Morgan fingerprint density at radius 2 is 1.00 bits per heavy atom. The van der Waals surface area contributed by atoms with E-state index in [-0.39, 0.29) is 30.8 Å². The molecule has 35 heavy (non-hydrogen) atoms. The van der Waals surface area contributed by atoms with Crippen molar-refractivity contribution in [1.29, 1.82) is 0 Å². The fourth-order valence-electron chi connectivity index (χ4n) is 2.83. The average molecular weight is 531 g/mol. The molecule has 2 atom stereocenters. The van der Waals surface area contributed by atoms with Gasteiger partial charge >= 0.3 is 32.2 Å². The largest absolute Gasteiger partial charge is 0.480 e. The molecule has 12 nitrogen and oxygen atoms in total. The van der Waals surface area contributed by atoms with Crippen molar-refractivity contribution in [2.45, 2.75) is 31.3 Å². The summed E-state index contributed by atoms with van der Waals surface area (Å²) in [5.74, 6) is -3.53. The number of hydrogen-bond acceptors (Lipinski definition) is 10. The van der Waals surface area contributed by atoms with Gasteiger partial charge in [-0.05, 0) is 54.7 Å². The normalized spacial score (nSPS) is 13.5. The summed E-state index contributed by atoms with van der Waals surface area (Å²) in [6.45, 7) is 0. The van der Waals surface area contributed by atoms with Gasteiger partial charge < -0.3 is 30.0 Å². The summed E-state index contributed by atoms with van der Waals surface area (Å²) in [5.41, 5.74) is 12.1. The first-order chi connectivity index (χ1) is 16.3. The summed E-state index contributed by atoms with van der Waals surface area (Å²) >= 11 is 0. The van der Waals surface area contributed by atoms with Gasteiger partial charge in [0.1, 0.15) is 23.6 Å².